The monoisotopic (exact) mass is 326 g/mol. The molecule has 3 N–H and O–H groups in total. The summed E-state index contributed by atoms with van der Waals surface area (Å²) in [6.45, 7) is 6.95. The topological polar surface area (TPSA) is 47.3 Å². The van der Waals surface area contributed by atoms with Gasteiger partial charge in [-0.3, -0.25) is 0 Å². The van der Waals surface area contributed by atoms with Gasteiger partial charge in [-0.2, -0.15) is 0 Å². The second-order valence-electron chi connectivity index (χ2n) is 5.76. The van der Waals surface area contributed by atoms with Crippen LogP contribution in [0.2, 0.25) is 0 Å². The number of anilines is 1. The molecule has 2 unspecified atom stereocenters. The van der Waals surface area contributed by atoms with E-state index in [9.17, 15) is 0 Å². The van der Waals surface area contributed by atoms with Crippen molar-refractivity contribution < 1.29 is 4.74 Å². The normalized spacial score (nSPS) is 31.2. The molecule has 0 aromatic heterocycles. The Hall–Kier alpha value is -0.580. The minimum Gasteiger partial charge on any atom is -0.377 e. The molecule has 0 saturated carbocycles. The van der Waals surface area contributed by atoms with Crippen LogP contribution in [0.5, 0.6) is 0 Å². The Morgan fingerprint density at radius 1 is 1.37 bits per heavy atom. The highest BCUT2D eigenvalue weighted by atomic mass is 79.9. The molecule has 1 aromatic carbocycles. The summed E-state index contributed by atoms with van der Waals surface area (Å²) in [4.78, 5) is 0. The molecule has 3 nitrogen and oxygen atoms in total. The third-order valence-corrected chi connectivity index (χ3v) is 4.42. The summed E-state index contributed by atoms with van der Waals surface area (Å²) in [6.07, 6.45) is 2.36. The fourth-order valence-electron chi connectivity index (χ4n) is 3.02. The van der Waals surface area contributed by atoms with E-state index in [1.807, 2.05) is 0 Å². The number of aryl methyl sites for hydroxylation is 1. The maximum atomic E-state index is 6.07. The van der Waals surface area contributed by atoms with Crippen molar-refractivity contribution in [2.24, 2.45) is 5.73 Å². The van der Waals surface area contributed by atoms with Crippen LogP contribution in [0, 0.1) is 6.92 Å². The predicted molar refractivity (Wildman–Crippen MR) is 83.5 cm³/mol. The van der Waals surface area contributed by atoms with Gasteiger partial charge in [0.1, 0.15) is 0 Å². The summed E-state index contributed by atoms with van der Waals surface area (Å²) in [6, 6.07) is 6.33. The Morgan fingerprint density at radius 3 is 2.58 bits per heavy atom. The van der Waals surface area contributed by atoms with Gasteiger partial charge in [0.15, 0.2) is 0 Å². The third-order valence-electron chi connectivity index (χ3n) is 3.73. The van der Waals surface area contributed by atoms with Crippen molar-refractivity contribution >= 4 is 21.6 Å². The first-order valence-electron chi connectivity index (χ1n) is 6.84. The van der Waals surface area contributed by atoms with Crippen molar-refractivity contribution in [1.82, 2.24) is 0 Å². The van der Waals surface area contributed by atoms with Gasteiger partial charge in [0.2, 0.25) is 0 Å². The number of nitrogens with two attached hydrogens (primary N) is 1. The van der Waals surface area contributed by atoms with Crippen LogP contribution in [0.25, 0.3) is 0 Å². The minimum absolute atomic E-state index is 0.0760. The van der Waals surface area contributed by atoms with Crippen molar-refractivity contribution in [2.45, 2.75) is 51.4 Å². The van der Waals surface area contributed by atoms with E-state index in [1.165, 1.54) is 5.56 Å². The zero-order valence-corrected chi connectivity index (χ0v) is 13.5. The maximum absolute atomic E-state index is 6.07. The highest BCUT2D eigenvalue weighted by Gasteiger charge is 2.37. The average molecular weight is 327 g/mol. The quantitative estimate of drug-likeness (QED) is 0.894. The maximum Gasteiger partial charge on any atom is 0.0573 e. The van der Waals surface area contributed by atoms with E-state index >= 15 is 0 Å². The number of benzene rings is 1. The molecule has 0 spiro atoms. The summed E-state index contributed by atoms with van der Waals surface area (Å²) >= 11 is 3.61. The van der Waals surface area contributed by atoms with E-state index < -0.39 is 0 Å². The molecule has 19 heavy (non-hydrogen) atoms. The van der Waals surface area contributed by atoms with Gasteiger partial charge in [-0.1, -0.05) is 6.07 Å². The lowest BCUT2D eigenvalue weighted by Crippen LogP contribution is -2.53. The highest BCUT2D eigenvalue weighted by Crippen LogP contribution is 2.34. The molecule has 0 amide bonds. The van der Waals surface area contributed by atoms with Crippen LogP contribution < -0.4 is 11.1 Å². The second-order valence-corrected chi connectivity index (χ2v) is 6.61. The lowest BCUT2D eigenvalue weighted by atomic mass is 9.84. The summed E-state index contributed by atoms with van der Waals surface area (Å²) in [5, 5.41) is 3.66. The number of nitrogens with one attached hydrogen (secondary N) is 1. The second kappa shape index (κ2) is 5.81. The van der Waals surface area contributed by atoms with Crippen LogP contribution in [-0.2, 0) is 4.74 Å². The van der Waals surface area contributed by atoms with Gasteiger partial charge in [-0.05, 0) is 67.2 Å². The number of hydrogen-bond acceptors (Lipinski definition) is 3. The molecule has 1 aliphatic rings. The SMILES string of the molecule is Cc1ccc(Br)c(NC2(CN)CC(C)OC(C)C2)c1. The smallest absolute Gasteiger partial charge is 0.0573 e. The first-order chi connectivity index (χ1) is 8.94. The van der Waals surface area contributed by atoms with E-state index in [2.05, 4.69) is 60.2 Å². The summed E-state index contributed by atoms with van der Waals surface area (Å²) in [5.41, 5.74) is 8.35. The van der Waals surface area contributed by atoms with E-state index in [0.717, 1.165) is 23.0 Å². The number of ether oxygens (including phenoxy) is 1. The van der Waals surface area contributed by atoms with Crippen LogP contribution in [0.3, 0.4) is 0 Å². The molecule has 1 heterocycles. The first-order valence-corrected chi connectivity index (χ1v) is 7.63. The van der Waals surface area contributed by atoms with Crippen LogP contribution >= 0.6 is 15.9 Å². The van der Waals surface area contributed by atoms with Crippen LogP contribution in [-0.4, -0.2) is 24.3 Å². The molecule has 1 saturated heterocycles. The predicted octanol–water partition coefficient (Wildman–Crippen LogP) is 3.45. The summed E-state index contributed by atoms with van der Waals surface area (Å²) in [7, 11) is 0. The van der Waals surface area contributed by atoms with Crippen molar-refractivity contribution in [2.75, 3.05) is 11.9 Å². The molecule has 2 rings (SSSR count). The molecule has 2 atom stereocenters. The molecular weight excluding hydrogens is 304 g/mol. The van der Waals surface area contributed by atoms with Gasteiger partial charge in [0, 0.05) is 16.7 Å². The number of rotatable bonds is 3. The van der Waals surface area contributed by atoms with Crippen LogP contribution in [0.15, 0.2) is 22.7 Å². The molecule has 4 heteroatoms. The van der Waals surface area contributed by atoms with Crippen molar-refractivity contribution in [3.05, 3.63) is 28.2 Å². The Labute approximate surface area is 124 Å². The van der Waals surface area contributed by atoms with E-state index in [1.54, 1.807) is 0 Å². The Morgan fingerprint density at radius 2 is 2.00 bits per heavy atom. The van der Waals surface area contributed by atoms with Crippen LogP contribution in [0.4, 0.5) is 5.69 Å². The van der Waals surface area contributed by atoms with Gasteiger partial charge < -0.3 is 15.8 Å². The van der Waals surface area contributed by atoms with Gasteiger partial charge >= 0.3 is 0 Å². The van der Waals surface area contributed by atoms with E-state index in [-0.39, 0.29) is 17.7 Å². The standard InChI is InChI=1S/C15H23BrN2O/c1-10-4-5-13(16)14(6-10)18-15(9-17)7-11(2)19-12(3)8-15/h4-6,11-12,18H,7-9,17H2,1-3H3. The van der Waals surface area contributed by atoms with E-state index in [0.29, 0.717) is 6.54 Å². The first kappa shape index (κ1) is 14.8. The fourth-order valence-corrected chi connectivity index (χ4v) is 3.36. The molecule has 1 fully saturated rings. The van der Waals surface area contributed by atoms with Crippen molar-refractivity contribution in [1.29, 1.82) is 0 Å². The van der Waals surface area contributed by atoms with Crippen molar-refractivity contribution in [3.63, 3.8) is 0 Å². The molecule has 0 bridgehead atoms. The summed E-state index contributed by atoms with van der Waals surface area (Å²) in [5.74, 6) is 0. The van der Waals surface area contributed by atoms with Gasteiger partial charge in [0.25, 0.3) is 0 Å². The van der Waals surface area contributed by atoms with Gasteiger partial charge in [-0.25, -0.2) is 0 Å². The van der Waals surface area contributed by atoms with Gasteiger partial charge in [-0.15, -0.1) is 0 Å². The average Bonchev–Trinajstić information content (AvgIpc) is 2.32. The zero-order valence-electron chi connectivity index (χ0n) is 11.9. The van der Waals surface area contributed by atoms with Crippen LogP contribution in [0.1, 0.15) is 32.3 Å². The fraction of sp³-hybridized carbons (Fsp3) is 0.600. The Balaban J connectivity index is 2.24. The Bertz CT molecular complexity index is 440. The lowest BCUT2D eigenvalue weighted by molar-refractivity contribution is -0.0536. The molecule has 106 valence electrons. The number of hydrogen-bond donors (Lipinski definition) is 2. The van der Waals surface area contributed by atoms with E-state index in [4.69, 9.17) is 10.5 Å². The Kier molecular flexibility index (Phi) is 4.54. The van der Waals surface area contributed by atoms with Gasteiger partial charge in [0.05, 0.1) is 17.7 Å². The zero-order chi connectivity index (χ0) is 14.0. The highest BCUT2D eigenvalue weighted by molar-refractivity contribution is 9.10. The molecule has 1 aromatic rings. The molecule has 0 radical (unpaired) electrons. The molecular formula is C15H23BrN2O. The molecule has 1 aliphatic heterocycles. The third kappa shape index (κ3) is 3.50. The van der Waals surface area contributed by atoms with Crippen molar-refractivity contribution in [3.8, 4) is 0 Å². The number of halogens is 1. The minimum atomic E-state index is -0.0760. The largest absolute Gasteiger partial charge is 0.377 e. The molecule has 0 aliphatic carbocycles. The summed E-state index contributed by atoms with van der Waals surface area (Å²) < 4.78 is 6.91. The lowest BCUT2D eigenvalue weighted by Gasteiger charge is -2.43.